The van der Waals surface area contributed by atoms with Gasteiger partial charge in [-0.15, -0.1) is 0 Å². The third kappa shape index (κ3) is 3.20. The fourth-order valence-electron chi connectivity index (χ4n) is 2.00. The number of halogens is 1. The van der Waals surface area contributed by atoms with Crippen LogP contribution < -0.4 is 10.5 Å². The van der Waals surface area contributed by atoms with Crippen molar-refractivity contribution in [3.63, 3.8) is 0 Å². The molecule has 3 aromatic rings. The molecule has 5 heteroatoms. The molecule has 3 rings (SSSR count). The van der Waals surface area contributed by atoms with Crippen molar-refractivity contribution in [3.8, 4) is 11.5 Å². The number of nitrogens with two attached hydrogens (primary N) is 1. The van der Waals surface area contributed by atoms with Crippen molar-refractivity contribution < 1.29 is 4.74 Å². The van der Waals surface area contributed by atoms with E-state index in [1.54, 1.807) is 18.3 Å². The zero-order valence-corrected chi connectivity index (χ0v) is 13.3. The van der Waals surface area contributed by atoms with Crippen LogP contribution in [0.4, 0.5) is 0 Å². The number of nitrogens with zero attached hydrogens (tertiary/aromatic N) is 1. The highest BCUT2D eigenvalue weighted by Crippen LogP contribution is 2.27. The van der Waals surface area contributed by atoms with E-state index in [4.69, 9.17) is 22.7 Å². The second kappa shape index (κ2) is 5.79. The minimum absolute atomic E-state index is 0.254. The Bertz CT molecular complexity index is 835. The molecule has 0 unspecified atom stereocenters. The lowest BCUT2D eigenvalue weighted by Gasteiger charge is -2.08. The molecule has 3 nitrogen and oxygen atoms in total. The molecular formula is C16H11BrN2OS. The third-order valence-electron chi connectivity index (χ3n) is 2.99. The van der Waals surface area contributed by atoms with Crippen LogP contribution in [0.5, 0.6) is 11.5 Å². The lowest BCUT2D eigenvalue weighted by molar-refractivity contribution is 0.482. The minimum atomic E-state index is 0.254. The Hall–Kier alpha value is -1.98. The van der Waals surface area contributed by atoms with Crippen molar-refractivity contribution in [1.82, 2.24) is 4.98 Å². The maximum absolute atomic E-state index is 5.84. The molecule has 2 aromatic carbocycles. The summed E-state index contributed by atoms with van der Waals surface area (Å²) in [7, 11) is 0. The predicted molar refractivity (Wildman–Crippen MR) is 91.8 cm³/mol. The molecule has 21 heavy (non-hydrogen) atoms. The monoisotopic (exact) mass is 358 g/mol. The van der Waals surface area contributed by atoms with Gasteiger partial charge in [0.15, 0.2) is 0 Å². The van der Waals surface area contributed by atoms with Crippen LogP contribution in [-0.2, 0) is 0 Å². The second-order valence-corrected chi connectivity index (χ2v) is 5.85. The number of benzene rings is 2. The number of thiocarbonyl (C=S) groups is 1. The molecule has 104 valence electrons. The minimum Gasteiger partial charge on any atom is -0.457 e. The molecular weight excluding hydrogens is 348 g/mol. The molecule has 2 N–H and O–H groups in total. The fraction of sp³-hybridized carbons (Fsp3) is 0. The molecule has 0 aliphatic rings. The summed E-state index contributed by atoms with van der Waals surface area (Å²) in [5.41, 5.74) is 6.12. The average Bonchev–Trinajstić information content (AvgIpc) is 2.48. The van der Waals surface area contributed by atoms with Crippen LogP contribution in [0.15, 0.2) is 59.2 Å². The maximum atomic E-state index is 5.84. The second-order valence-electron chi connectivity index (χ2n) is 4.50. The number of ether oxygens (including phenoxy) is 1. The summed E-state index contributed by atoms with van der Waals surface area (Å²) in [4.78, 5) is 4.34. The summed E-state index contributed by atoms with van der Waals surface area (Å²) in [6.07, 6.45) is 1.63. The van der Waals surface area contributed by atoms with Crippen LogP contribution in [0.25, 0.3) is 10.8 Å². The van der Waals surface area contributed by atoms with E-state index in [2.05, 4.69) is 27.0 Å². The average molecular weight is 359 g/mol. The molecule has 0 aliphatic heterocycles. The Labute approximate surface area is 135 Å². The van der Waals surface area contributed by atoms with Crippen LogP contribution in [-0.4, -0.2) is 9.97 Å². The van der Waals surface area contributed by atoms with Gasteiger partial charge in [-0.2, -0.15) is 0 Å². The molecule has 0 fully saturated rings. The highest BCUT2D eigenvalue weighted by atomic mass is 79.9. The summed E-state index contributed by atoms with van der Waals surface area (Å²) in [5, 5.41) is 2.26. The number of rotatable bonds is 3. The lowest BCUT2D eigenvalue weighted by Crippen LogP contribution is -2.11. The zero-order chi connectivity index (χ0) is 14.8. The van der Waals surface area contributed by atoms with Gasteiger partial charge >= 0.3 is 0 Å². The van der Waals surface area contributed by atoms with E-state index in [0.29, 0.717) is 11.4 Å². The van der Waals surface area contributed by atoms with E-state index in [9.17, 15) is 0 Å². The van der Waals surface area contributed by atoms with Gasteiger partial charge in [-0.3, -0.25) is 4.98 Å². The third-order valence-corrected chi connectivity index (χ3v) is 3.70. The first-order valence-corrected chi connectivity index (χ1v) is 7.45. The topological polar surface area (TPSA) is 48.1 Å². The van der Waals surface area contributed by atoms with Crippen LogP contribution in [0.3, 0.4) is 0 Å². The fourth-order valence-corrected chi connectivity index (χ4v) is 2.49. The quantitative estimate of drug-likeness (QED) is 0.703. The van der Waals surface area contributed by atoms with Gasteiger partial charge in [0.25, 0.3) is 0 Å². The van der Waals surface area contributed by atoms with E-state index in [1.807, 2.05) is 30.3 Å². The predicted octanol–water partition coefficient (Wildman–Crippen LogP) is 4.42. The van der Waals surface area contributed by atoms with Crippen molar-refractivity contribution in [2.24, 2.45) is 5.73 Å². The van der Waals surface area contributed by atoms with Crippen LogP contribution in [0.1, 0.15) is 5.69 Å². The van der Waals surface area contributed by atoms with Crippen LogP contribution in [0, 0.1) is 0 Å². The van der Waals surface area contributed by atoms with Gasteiger partial charge in [0.05, 0.1) is 0 Å². The number of aromatic nitrogens is 1. The first-order chi connectivity index (χ1) is 10.1. The molecule has 0 amide bonds. The first-order valence-electron chi connectivity index (χ1n) is 6.25. The smallest absolute Gasteiger partial charge is 0.131 e. The van der Waals surface area contributed by atoms with Crippen molar-refractivity contribution in [3.05, 3.63) is 64.9 Å². The van der Waals surface area contributed by atoms with E-state index in [-0.39, 0.29) is 4.99 Å². The number of hydrogen-bond donors (Lipinski definition) is 1. The van der Waals surface area contributed by atoms with Crippen molar-refractivity contribution in [2.45, 2.75) is 0 Å². The molecule has 0 saturated heterocycles. The Morgan fingerprint density at radius 1 is 1.00 bits per heavy atom. The highest BCUT2D eigenvalue weighted by molar-refractivity contribution is 9.10. The maximum Gasteiger partial charge on any atom is 0.131 e. The van der Waals surface area contributed by atoms with Crippen molar-refractivity contribution >= 4 is 43.9 Å². The molecule has 0 spiro atoms. The lowest BCUT2D eigenvalue weighted by atomic mass is 10.1. The number of hydrogen-bond acceptors (Lipinski definition) is 3. The molecule has 1 aromatic heterocycles. The van der Waals surface area contributed by atoms with E-state index >= 15 is 0 Å². The SMILES string of the molecule is NC(=S)c1cc(Oc2ccc3cc(Br)ccc3c2)ccn1. The molecule has 0 atom stereocenters. The van der Waals surface area contributed by atoms with Gasteiger partial charge in [-0.1, -0.05) is 40.3 Å². The van der Waals surface area contributed by atoms with Gasteiger partial charge in [0.1, 0.15) is 22.2 Å². The van der Waals surface area contributed by atoms with Gasteiger partial charge < -0.3 is 10.5 Å². The Kier molecular flexibility index (Phi) is 3.86. The standard InChI is InChI=1S/C16H11BrN2OS/c17-12-3-1-11-8-13(4-2-10(11)7-12)20-14-5-6-19-15(9-14)16(18)21/h1-9H,(H2,18,21). The Balaban J connectivity index is 1.92. The largest absolute Gasteiger partial charge is 0.457 e. The first kappa shape index (κ1) is 14.0. The molecule has 0 saturated carbocycles. The van der Waals surface area contributed by atoms with Crippen molar-refractivity contribution in [1.29, 1.82) is 0 Å². The summed E-state index contributed by atoms with van der Waals surface area (Å²) in [6, 6.07) is 15.5. The van der Waals surface area contributed by atoms with Crippen LogP contribution >= 0.6 is 28.1 Å². The molecule has 0 bridgehead atoms. The summed E-state index contributed by atoms with van der Waals surface area (Å²) >= 11 is 8.38. The number of pyridine rings is 1. The molecule has 0 radical (unpaired) electrons. The molecule has 0 aliphatic carbocycles. The van der Waals surface area contributed by atoms with Crippen LogP contribution in [0.2, 0.25) is 0 Å². The van der Waals surface area contributed by atoms with E-state index < -0.39 is 0 Å². The zero-order valence-electron chi connectivity index (χ0n) is 10.9. The molecule has 1 heterocycles. The summed E-state index contributed by atoms with van der Waals surface area (Å²) in [6.45, 7) is 0. The normalized spacial score (nSPS) is 10.5. The summed E-state index contributed by atoms with van der Waals surface area (Å²) < 4.78 is 6.90. The number of fused-ring (bicyclic) bond motifs is 1. The summed E-state index contributed by atoms with van der Waals surface area (Å²) in [5.74, 6) is 1.41. The van der Waals surface area contributed by atoms with Gasteiger partial charge in [0.2, 0.25) is 0 Å². The van der Waals surface area contributed by atoms with Crippen molar-refractivity contribution in [2.75, 3.05) is 0 Å². The van der Waals surface area contributed by atoms with Gasteiger partial charge in [-0.05, 0) is 41.1 Å². The Morgan fingerprint density at radius 2 is 1.71 bits per heavy atom. The Morgan fingerprint density at radius 3 is 2.52 bits per heavy atom. The van der Waals surface area contributed by atoms with E-state index in [1.165, 1.54) is 0 Å². The van der Waals surface area contributed by atoms with Gasteiger partial charge in [-0.25, -0.2) is 0 Å². The van der Waals surface area contributed by atoms with E-state index in [0.717, 1.165) is 21.0 Å². The van der Waals surface area contributed by atoms with Gasteiger partial charge in [0, 0.05) is 16.7 Å². The highest BCUT2D eigenvalue weighted by Gasteiger charge is 2.03.